The van der Waals surface area contributed by atoms with E-state index in [1.165, 1.54) is 0 Å². The molecule has 0 spiro atoms. The van der Waals surface area contributed by atoms with E-state index in [0.29, 0.717) is 11.9 Å². The van der Waals surface area contributed by atoms with Crippen LogP contribution >= 0.6 is 15.9 Å². The van der Waals surface area contributed by atoms with Crippen LogP contribution in [0, 0.1) is 26.7 Å². The lowest BCUT2D eigenvalue weighted by atomic mass is 10.2. The highest BCUT2D eigenvalue weighted by atomic mass is 79.9. The minimum Gasteiger partial charge on any atom is -0.312 e. The molecule has 0 aliphatic heterocycles. The lowest BCUT2D eigenvalue weighted by Crippen LogP contribution is -2.20. The molecule has 0 aliphatic carbocycles. The van der Waals surface area contributed by atoms with Crippen LogP contribution in [0.3, 0.4) is 0 Å². The first kappa shape index (κ1) is 16.1. The first-order valence-electron chi connectivity index (χ1n) is 7.15. The fourth-order valence-corrected chi connectivity index (χ4v) is 2.32. The van der Waals surface area contributed by atoms with Crippen LogP contribution in [0.2, 0.25) is 0 Å². The standard InChI is InChI=1S/C15H22BrN5/c1-9(2)6-17-7-13-8-18-15(19-10(13)3)21-12(5)14(16)11(4)20-21/h8-9,17H,6-7H2,1-5H3. The molecular formula is C15H22BrN5. The quantitative estimate of drug-likeness (QED) is 0.899. The SMILES string of the molecule is Cc1nc(-n2nc(C)c(Br)c2C)ncc1CNCC(C)C. The maximum atomic E-state index is 4.58. The Labute approximate surface area is 134 Å². The van der Waals surface area contributed by atoms with Crippen molar-refractivity contribution < 1.29 is 0 Å². The van der Waals surface area contributed by atoms with Gasteiger partial charge in [0.25, 0.3) is 5.95 Å². The van der Waals surface area contributed by atoms with E-state index >= 15 is 0 Å². The van der Waals surface area contributed by atoms with Crippen LogP contribution in [0.15, 0.2) is 10.7 Å². The summed E-state index contributed by atoms with van der Waals surface area (Å²) in [5, 5.41) is 7.88. The van der Waals surface area contributed by atoms with Crippen molar-refractivity contribution in [3.8, 4) is 5.95 Å². The first-order chi connectivity index (χ1) is 9.90. The molecule has 6 heteroatoms. The van der Waals surface area contributed by atoms with Crippen molar-refractivity contribution in [3.63, 3.8) is 0 Å². The van der Waals surface area contributed by atoms with Crippen LogP contribution in [0.4, 0.5) is 0 Å². The van der Waals surface area contributed by atoms with Gasteiger partial charge < -0.3 is 5.32 Å². The number of aryl methyl sites for hydroxylation is 2. The van der Waals surface area contributed by atoms with Gasteiger partial charge in [0, 0.05) is 24.0 Å². The van der Waals surface area contributed by atoms with Gasteiger partial charge in [0.15, 0.2) is 0 Å². The van der Waals surface area contributed by atoms with Gasteiger partial charge in [0.2, 0.25) is 0 Å². The molecule has 0 amide bonds. The fourth-order valence-electron chi connectivity index (χ4n) is 2.07. The third-order valence-corrected chi connectivity index (χ3v) is 4.48. The summed E-state index contributed by atoms with van der Waals surface area (Å²) in [5.41, 5.74) is 4.06. The van der Waals surface area contributed by atoms with Gasteiger partial charge in [-0.15, -0.1) is 0 Å². The number of aromatic nitrogens is 4. The molecule has 5 nitrogen and oxygen atoms in total. The van der Waals surface area contributed by atoms with Crippen LogP contribution in [0.5, 0.6) is 0 Å². The van der Waals surface area contributed by atoms with E-state index in [1.807, 2.05) is 27.0 Å². The smallest absolute Gasteiger partial charge is 0.251 e. The monoisotopic (exact) mass is 351 g/mol. The van der Waals surface area contributed by atoms with Crippen LogP contribution < -0.4 is 5.32 Å². The Hall–Kier alpha value is -1.27. The highest BCUT2D eigenvalue weighted by Crippen LogP contribution is 2.21. The number of halogens is 1. The van der Waals surface area contributed by atoms with Crippen molar-refractivity contribution in [2.24, 2.45) is 5.92 Å². The molecule has 114 valence electrons. The lowest BCUT2D eigenvalue weighted by Gasteiger charge is -2.10. The topological polar surface area (TPSA) is 55.6 Å². The molecule has 2 heterocycles. The molecule has 2 aromatic heterocycles. The van der Waals surface area contributed by atoms with Gasteiger partial charge >= 0.3 is 0 Å². The minimum atomic E-state index is 0.617. The van der Waals surface area contributed by atoms with Gasteiger partial charge in [0.05, 0.1) is 15.9 Å². The molecule has 1 N–H and O–H groups in total. The van der Waals surface area contributed by atoms with E-state index in [-0.39, 0.29) is 0 Å². The van der Waals surface area contributed by atoms with Crippen LogP contribution in [-0.4, -0.2) is 26.3 Å². The predicted octanol–water partition coefficient (Wildman–Crippen LogP) is 3.10. The van der Waals surface area contributed by atoms with Gasteiger partial charge in [-0.3, -0.25) is 0 Å². The second-order valence-electron chi connectivity index (χ2n) is 5.70. The molecule has 0 unspecified atom stereocenters. The molecule has 0 saturated heterocycles. The summed E-state index contributed by atoms with van der Waals surface area (Å²) in [6.45, 7) is 12.2. The highest BCUT2D eigenvalue weighted by Gasteiger charge is 2.13. The molecular weight excluding hydrogens is 330 g/mol. The van der Waals surface area contributed by atoms with Crippen molar-refractivity contribution >= 4 is 15.9 Å². The van der Waals surface area contributed by atoms with E-state index < -0.39 is 0 Å². The molecule has 2 rings (SSSR count). The van der Waals surface area contributed by atoms with Crippen LogP contribution in [0.25, 0.3) is 5.95 Å². The molecule has 21 heavy (non-hydrogen) atoms. The average Bonchev–Trinajstić information content (AvgIpc) is 2.68. The van der Waals surface area contributed by atoms with Crippen LogP contribution in [-0.2, 0) is 6.54 Å². The maximum absolute atomic E-state index is 4.58. The highest BCUT2D eigenvalue weighted by molar-refractivity contribution is 9.10. The zero-order valence-electron chi connectivity index (χ0n) is 13.2. The number of rotatable bonds is 5. The predicted molar refractivity (Wildman–Crippen MR) is 87.6 cm³/mol. The van der Waals surface area contributed by atoms with Crippen molar-refractivity contribution in [2.75, 3.05) is 6.54 Å². The number of nitrogens with one attached hydrogen (secondary N) is 1. The Morgan fingerprint density at radius 3 is 2.48 bits per heavy atom. The maximum Gasteiger partial charge on any atom is 0.251 e. The Morgan fingerprint density at radius 2 is 1.95 bits per heavy atom. The second-order valence-corrected chi connectivity index (χ2v) is 6.50. The Kier molecular flexibility index (Phi) is 5.11. The van der Waals surface area contributed by atoms with Crippen molar-refractivity contribution in [3.05, 3.63) is 33.3 Å². The molecule has 0 bridgehead atoms. The van der Waals surface area contributed by atoms with E-state index in [2.05, 4.69) is 50.2 Å². The molecule has 0 aliphatic rings. The Bertz CT molecular complexity index is 633. The summed E-state index contributed by atoms with van der Waals surface area (Å²) < 4.78 is 2.78. The number of hydrogen-bond acceptors (Lipinski definition) is 4. The second kappa shape index (κ2) is 6.66. The largest absolute Gasteiger partial charge is 0.312 e. The Morgan fingerprint density at radius 1 is 1.24 bits per heavy atom. The summed E-state index contributed by atoms with van der Waals surface area (Å²) in [6, 6.07) is 0. The van der Waals surface area contributed by atoms with Gasteiger partial charge in [0.1, 0.15) is 0 Å². The molecule has 2 aromatic rings. The molecule has 0 aromatic carbocycles. The van der Waals surface area contributed by atoms with E-state index in [9.17, 15) is 0 Å². The summed E-state index contributed by atoms with van der Waals surface area (Å²) in [7, 11) is 0. The van der Waals surface area contributed by atoms with E-state index in [4.69, 9.17) is 0 Å². The zero-order valence-corrected chi connectivity index (χ0v) is 14.8. The van der Waals surface area contributed by atoms with Gasteiger partial charge in [-0.05, 0) is 49.2 Å². The fraction of sp³-hybridized carbons (Fsp3) is 0.533. The summed E-state index contributed by atoms with van der Waals surface area (Å²) in [4.78, 5) is 9.04. The minimum absolute atomic E-state index is 0.617. The zero-order chi connectivity index (χ0) is 15.6. The third kappa shape index (κ3) is 3.68. The van der Waals surface area contributed by atoms with Crippen LogP contribution in [0.1, 0.15) is 36.5 Å². The van der Waals surface area contributed by atoms with Gasteiger partial charge in [-0.25, -0.2) is 14.6 Å². The van der Waals surface area contributed by atoms with E-state index in [1.54, 1.807) is 4.68 Å². The van der Waals surface area contributed by atoms with Crippen molar-refractivity contribution in [1.29, 1.82) is 0 Å². The van der Waals surface area contributed by atoms with Gasteiger partial charge in [-0.1, -0.05) is 13.8 Å². The van der Waals surface area contributed by atoms with Crippen molar-refractivity contribution in [2.45, 2.75) is 41.2 Å². The Balaban J connectivity index is 2.20. The molecule has 0 radical (unpaired) electrons. The average molecular weight is 352 g/mol. The molecule has 0 fully saturated rings. The normalized spacial score (nSPS) is 11.4. The number of hydrogen-bond donors (Lipinski definition) is 1. The summed E-state index contributed by atoms with van der Waals surface area (Å²) in [6.07, 6.45) is 1.88. The summed E-state index contributed by atoms with van der Waals surface area (Å²) >= 11 is 3.53. The summed E-state index contributed by atoms with van der Waals surface area (Å²) in [5.74, 6) is 1.25. The molecule has 0 atom stereocenters. The third-order valence-electron chi connectivity index (χ3n) is 3.33. The number of nitrogens with zero attached hydrogens (tertiary/aromatic N) is 4. The molecule has 0 saturated carbocycles. The lowest BCUT2D eigenvalue weighted by molar-refractivity contribution is 0.550. The van der Waals surface area contributed by atoms with E-state index in [0.717, 1.165) is 40.2 Å². The first-order valence-corrected chi connectivity index (χ1v) is 7.94. The van der Waals surface area contributed by atoms with Crippen molar-refractivity contribution in [1.82, 2.24) is 25.1 Å². The van der Waals surface area contributed by atoms with Gasteiger partial charge in [-0.2, -0.15) is 5.10 Å².